The van der Waals surface area contributed by atoms with E-state index in [9.17, 15) is 4.79 Å². The number of amides is 2. The molecule has 2 aliphatic rings. The first-order valence-electron chi connectivity index (χ1n) is 9.36. The van der Waals surface area contributed by atoms with Gasteiger partial charge in [-0.2, -0.15) is 0 Å². The first kappa shape index (κ1) is 18.1. The van der Waals surface area contributed by atoms with Crippen molar-refractivity contribution in [2.45, 2.75) is 51.8 Å². The molecule has 2 amide bonds. The molecule has 6 heteroatoms. The van der Waals surface area contributed by atoms with E-state index in [1.165, 1.54) is 12.8 Å². The number of ether oxygens (including phenoxy) is 1. The van der Waals surface area contributed by atoms with E-state index in [-0.39, 0.29) is 24.1 Å². The second-order valence-corrected chi connectivity index (χ2v) is 7.53. The van der Waals surface area contributed by atoms with E-state index in [2.05, 4.69) is 34.4 Å². The predicted molar refractivity (Wildman–Crippen MR) is 97.4 cm³/mol. The summed E-state index contributed by atoms with van der Waals surface area (Å²) in [5, 5.41) is 6.06. The lowest BCUT2D eigenvalue weighted by molar-refractivity contribution is -0.0458. The van der Waals surface area contributed by atoms with E-state index in [1.807, 2.05) is 19.1 Å². The van der Waals surface area contributed by atoms with E-state index in [1.54, 1.807) is 6.20 Å². The third-order valence-corrected chi connectivity index (χ3v) is 5.25. The van der Waals surface area contributed by atoms with Crippen LogP contribution in [0.15, 0.2) is 18.3 Å². The summed E-state index contributed by atoms with van der Waals surface area (Å²) in [6.45, 7) is 9.62. The first-order chi connectivity index (χ1) is 12.0. The summed E-state index contributed by atoms with van der Waals surface area (Å²) in [4.78, 5) is 19.3. The van der Waals surface area contributed by atoms with Gasteiger partial charge in [0.1, 0.15) is 0 Å². The minimum absolute atomic E-state index is 0.0780. The molecule has 0 bridgehead atoms. The Kier molecular flexibility index (Phi) is 5.91. The molecule has 3 heterocycles. The van der Waals surface area contributed by atoms with Gasteiger partial charge in [0.05, 0.1) is 24.4 Å². The monoisotopic (exact) mass is 346 g/mol. The molecule has 2 N–H and O–H groups in total. The zero-order chi connectivity index (χ0) is 17.8. The minimum Gasteiger partial charge on any atom is -0.373 e. The van der Waals surface area contributed by atoms with Gasteiger partial charge in [0.25, 0.3) is 0 Å². The third-order valence-electron chi connectivity index (χ3n) is 5.25. The number of fused-ring (bicyclic) bond motifs is 1. The highest BCUT2D eigenvalue weighted by Crippen LogP contribution is 2.23. The summed E-state index contributed by atoms with van der Waals surface area (Å²) in [5.74, 6) is 0.260. The summed E-state index contributed by atoms with van der Waals surface area (Å²) in [7, 11) is 0. The van der Waals surface area contributed by atoms with Crippen molar-refractivity contribution in [1.82, 2.24) is 20.5 Å². The van der Waals surface area contributed by atoms with Gasteiger partial charge in [-0.15, -0.1) is 0 Å². The molecule has 6 nitrogen and oxygen atoms in total. The molecule has 1 aromatic rings. The Hall–Kier alpha value is -1.66. The van der Waals surface area contributed by atoms with Crippen molar-refractivity contribution in [1.29, 1.82) is 0 Å². The molecule has 3 rings (SSSR count). The van der Waals surface area contributed by atoms with Crippen LogP contribution < -0.4 is 10.6 Å². The minimum atomic E-state index is -0.157. The number of morpholine rings is 1. The SMILES string of the molecule is Cc1cccnc1[C@H](NC(=O)NC[C@@H]1CN2CCC[C@H]2CO1)C(C)C. The van der Waals surface area contributed by atoms with Crippen molar-refractivity contribution < 1.29 is 9.53 Å². The van der Waals surface area contributed by atoms with Crippen LogP contribution in [-0.4, -0.2) is 54.3 Å². The molecule has 2 fully saturated rings. The van der Waals surface area contributed by atoms with E-state index in [0.29, 0.717) is 12.6 Å². The number of rotatable bonds is 5. The molecule has 0 saturated carbocycles. The van der Waals surface area contributed by atoms with Crippen molar-refractivity contribution in [2.75, 3.05) is 26.2 Å². The van der Waals surface area contributed by atoms with Crippen molar-refractivity contribution in [3.05, 3.63) is 29.6 Å². The number of hydrogen-bond acceptors (Lipinski definition) is 4. The molecular weight excluding hydrogens is 316 g/mol. The number of aryl methyl sites for hydroxylation is 1. The Morgan fingerprint density at radius 1 is 1.48 bits per heavy atom. The smallest absolute Gasteiger partial charge is 0.315 e. The van der Waals surface area contributed by atoms with Crippen LogP contribution in [-0.2, 0) is 4.74 Å². The van der Waals surface area contributed by atoms with Gasteiger partial charge >= 0.3 is 6.03 Å². The zero-order valence-corrected chi connectivity index (χ0v) is 15.5. The molecule has 2 aliphatic heterocycles. The fourth-order valence-corrected chi connectivity index (χ4v) is 3.78. The van der Waals surface area contributed by atoms with Crippen LogP contribution in [0.3, 0.4) is 0 Å². The van der Waals surface area contributed by atoms with Crippen LogP contribution in [0, 0.1) is 12.8 Å². The third kappa shape index (κ3) is 4.50. The number of carbonyl (C=O) groups excluding carboxylic acids is 1. The maximum absolute atomic E-state index is 12.4. The average molecular weight is 346 g/mol. The molecule has 0 aromatic carbocycles. The van der Waals surface area contributed by atoms with Crippen LogP contribution in [0.1, 0.15) is 44.0 Å². The first-order valence-corrected chi connectivity index (χ1v) is 9.36. The molecule has 0 unspecified atom stereocenters. The number of urea groups is 1. The predicted octanol–water partition coefficient (Wildman–Crippen LogP) is 2.25. The fraction of sp³-hybridized carbons (Fsp3) is 0.684. The molecule has 0 spiro atoms. The molecule has 2 saturated heterocycles. The van der Waals surface area contributed by atoms with Crippen molar-refractivity contribution in [2.24, 2.45) is 5.92 Å². The number of nitrogens with one attached hydrogen (secondary N) is 2. The standard InChI is InChI=1S/C19H30N4O2/c1-13(2)17(18-14(3)6-4-8-20-18)22-19(24)21-10-16-11-23-9-5-7-15(23)12-25-16/h4,6,8,13,15-17H,5,7,9-12H2,1-3H3,(H2,21,22,24)/t15-,16+,17+/m0/s1. The van der Waals surface area contributed by atoms with E-state index < -0.39 is 0 Å². The maximum Gasteiger partial charge on any atom is 0.315 e. The molecule has 138 valence electrons. The van der Waals surface area contributed by atoms with Gasteiger partial charge in [0, 0.05) is 25.3 Å². The number of hydrogen-bond donors (Lipinski definition) is 2. The Morgan fingerprint density at radius 3 is 3.08 bits per heavy atom. The normalized spacial score (nSPS) is 24.8. The molecule has 0 radical (unpaired) electrons. The topological polar surface area (TPSA) is 66.5 Å². The zero-order valence-electron chi connectivity index (χ0n) is 15.5. The summed E-state index contributed by atoms with van der Waals surface area (Å²) in [6.07, 6.45) is 4.35. The fourth-order valence-electron chi connectivity index (χ4n) is 3.78. The quantitative estimate of drug-likeness (QED) is 0.858. The maximum atomic E-state index is 12.4. The lowest BCUT2D eigenvalue weighted by atomic mass is 9.97. The lowest BCUT2D eigenvalue weighted by Gasteiger charge is -2.35. The molecule has 0 aliphatic carbocycles. The van der Waals surface area contributed by atoms with Crippen molar-refractivity contribution in [3.8, 4) is 0 Å². The van der Waals surface area contributed by atoms with Gasteiger partial charge in [-0.25, -0.2) is 4.79 Å². The summed E-state index contributed by atoms with van der Waals surface area (Å²) >= 11 is 0. The van der Waals surface area contributed by atoms with Crippen LogP contribution in [0.5, 0.6) is 0 Å². The second kappa shape index (κ2) is 8.15. The van der Waals surface area contributed by atoms with Crippen molar-refractivity contribution >= 4 is 6.03 Å². The Labute approximate surface area is 150 Å². The van der Waals surface area contributed by atoms with Crippen LogP contribution in [0.2, 0.25) is 0 Å². The average Bonchev–Trinajstić information content (AvgIpc) is 3.06. The van der Waals surface area contributed by atoms with Gasteiger partial charge in [-0.05, 0) is 43.9 Å². The van der Waals surface area contributed by atoms with E-state index in [0.717, 1.165) is 31.0 Å². The van der Waals surface area contributed by atoms with E-state index in [4.69, 9.17) is 4.74 Å². The van der Waals surface area contributed by atoms with Gasteiger partial charge in [-0.3, -0.25) is 9.88 Å². The largest absolute Gasteiger partial charge is 0.373 e. The van der Waals surface area contributed by atoms with E-state index >= 15 is 0 Å². The number of nitrogens with zero attached hydrogens (tertiary/aromatic N) is 2. The molecule has 25 heavy (non-hydrogen) atoms. The van der Waals surface area contributed by atoms with Gasteiger partial charge in [0.2, 0.25) is 0 Å². The van der Waals surface area contributed by atoms with Gasteiger partial charge < -0.3 is 15.4 Å². The number of carbonyl (C=O) groups is 1. The highest BCUT2D eigenvalue weighted by atomic mass is 16.5. The van der Waals surface area contributed by atoms with Gasteiger partial charge in [0.15, 0.2) is 0 Å². The van der Waals surface area contributed by atoms with Crippen molar-refractivity contribution in [3.63, 3.8) is 0 Å². The van der Waals surface area contributed by atoms with Gasteiger partial charge in [-0.1, -0.05) is 19.9 Å². The highest BCUT2D eigenvalue weighted by molar-refractivity contribution is 5.74. The molecule has 1 aromatic heterocycles. The second-order valence-electron chi connectivity index (χ2n) is 7.53. The van der Waals surface area contributed by atoms with Crippen LogP contribution in [0.4, 0.5) is 4.79 Å². The number of aromatic nitrogens is 1. The van der Waals surface area contributed by atoms with Crippen LogP contribution in [0.25, 0.3) is 0 Å². The highest BCUT2D eigenvalue weighted by Gasteiger charge is 2.32. The summed E-state index contributed by atoms with van der Waals surface area (Å²) in [5.41, 5.74) is 2.03. The molecular formula is C19H30N4O2. The number of pyridine rings is 1. The summed E-state index contributed by atoms with van der Waals surface area (Å²) in [6, 6.07) is 4.27. The Bertz CT molecular complexity index is 593. The molecule has 3 atom stereocenters. The van der Waals surface area contributed by atoms with Crippen LogP contribution >= 0.6 is 0 Å². The summed E-state index contributed by atoms with van der Waals surface area (Å²) < 4.78 is 5.90. The Morgan fingerprint density at radius 2 is 2.32 bits per heavy atom. The lowest BCUT2D eigenvalue weighted by Crippen LogP contribution is -2.51. The Balaban J connectivity index is 1.51.